The summed E-state index contributed by atoms with van der Waals surface area (Å²) in [4.78, 5) is 44.1. The van der Waals surface area contributed by atoms with Crippen LogP contribution in [0.3, 0.4) is 0 Å². The third-order valence-electron chi connectivity index (χ3n) is 6.68. The number of nitrogens with zero attached hydrogens (tertiary/aromatic N) is 4. The van der Waals surface area contributed by atoms with Crippen molar-refractivity contribution in [2.24, 2.45) is 0 Å². The van der Waals surface area contributed by atoms with Crippen LogP contribution in [0.5, 0.6) is 0 Å². The predicted molar refractivity (Wildman–Crippen MR) is 140 cm³/mol. The molecule has 2 N–H and O–H groups in total. The minimum atomic E-state index is -0.614. The van der Waals surface area contributed by atoms with Crippen molar-refractivity contribution in [3.05, 3.63) is 59.2 Å². The van der Waals surface area contributed by atoms with Gasteiger partial charge in [0, 0.05) is 56.9 Å². The summed E-state index contributed by atoms with van der Waals surface area (Å²) in [7, 11) is 1.30. The van der Waals surface area contributed by atoms with Crippen LogP contribution < -0.4 is 15.5 Å². The van der Waals surface area contributed by atoms with Crippen LogP contribution in [0.2, 0.25) is 0 Å². The molecule has 194 valence electrons. The van der Waals surface area contributed by atoms with Crippen LogP contribution in [0.15, 0.2) is 42.5 Å². The molecule has 10 nitrogen and oxygen atoms in total. The number of nitrogens with one attached hydrogen (secondary N) is 2. The summed E-state index contributed by atoms with van der Waals surface area (Å²) in [6.45, 7) is 5.28. The highest BCUT2D eigenvalue weighted by Crippen LogP contribution is 2.29. The molecule has 0 unspecified atom stereocenters. The molecule has 37 heavy (non-hydrogen) atoms. The lowest BCUT2D eigenvalue weighted by molar-refractivity contribution is 0.0759. The largest absolute Gasteiger partial charge is 0.453 e. The Hall–Kier alpha value is -4.10. The molecule has 2 aliphatic rings. The van der Waals surface area contributed by atoms with Crippen molar-refractivity contribution in [1.82, 2.24) is 15.1 Å². The van der Waals surface area contributed by atoms with Crippen LogP contribution in [-0.4, -0.2) is 87.2 Å². The van der Waals surface area contributed by atoms with E-state index in [-0.39, 0.29) is 11.8 Å². The Morgan fingerprint density at radius 2 is 1.57 bits per heavy atom. The molecule has 0 atom stereocenters. The number of amides is 3. The Kier molecular flexibility index (Phi) is 8.59. The molecule has 2 fully saturated rings. The van der Waals surface area contributed by atoms with Gasteiger partial charge in [-0.15, -0.1) is 0 Å². The normalized spacial score (nSPS) is 16.3. The number of methoxy groups -OCH3 is 1. The third kappa shape index (κ3) is 6.37. The van der Waals surface area contributed by atoms with E-state index in [0.29, 0.717) is 61.6 Å². The summed E-state index contributed by atoms with van der Waals surface area (Å²) in [6.07, 6.45) is 1.02. The zero-order valence-electron chi connectivity index (χ0n) is 21.0. The van der Waals surface area contributed by atoms with Crippen LogP contribution in [0.25, 0.3) is 0 Å². The zero-order valence-corrected chi connectivity index (χ0v) is 21.0. The lowest BCUT2D eigenvalue weighted by Crippen LogP contribution is -2.35. The van der Waals surface area contributed by atoms with E-state index in [9.17, 15) is 14.4 Å². The summed E-state index contributed by atoms with van der Waals surface area (Å²) in [5.74, 6) is -0.148. The number of benzene rings is 2. The smallest absolute Gasteiger partial charge is 0.411 e. The van der Waals surface area contributed by atoms with Gasteiger partial charge in [0.15, 0.2) is 0 Å². The lowest BCUT2D eigenvalue weighted by Gasteiger charge is -2.27. The first kappa shape index (κ1) is 26.0. The van der Waals surface area contributed by atoms with Crippen molar-refractivity contribution in [3.8, 4) is 6.07 Å². The number of carbonyl (C=O) groups is 3. The molecule has 2 aromatic carbocycles. The van der Waals surface area contributed by atoms with Gasteiger partial charge in [-0.3, -0.25) is 14.9 Å². The molecule has 0 radical (unpaired) electrons. The predicted octanol–water partition coefficient (Wildman–Crippen LogP) is 2.52. The molecule has 0 bridgehead atoms. The Bertz CT molecular complexity index is 1170. The van der Waals surface area contributed by atoms with Crippen LogP contribution >= 0.6 is 0 Å². The van der Waals surface area contributed by atoms with Crippen LogP contribution in [0, 0.1) is 11.3 Å². The van der Waals surface area contributed by atoms with Crippen LogP contribution in [0.1, 0.15) is 39.1 Å². The SMILES string of the molecule is COC(=O)Nc1cc(C(=O)N2CCCNCC2)ccc1N1CCCN(C(=O)c2ccc(C#N)cc2)CC1. The van der Waals surface area contributed by atoms with Gasteiger partial charge in [-0.1, -0.05) is 0 Å². The topological polar surface area (TPSA) is 118 Å². The van der Waals surface area contributed by atoms with Crippen molar-refractivity contribution in [2.75, 3.05) is 69.7 Å². The van der Waals surface area contributed by atoms with E-state index < -0.39 is 6.09 Å². The fourth-order valence-electron chi connectivity index (χ4n) is 4.67. The number of nitriles is 1. The quantitative estimate of drug-likeness (QED) is 0.657. The number of rotatable bonds is 4. The van der Waals surface area contributed by atoms with Gasteiger partial charge in [0.2, 0.25) is 0 Å². The minimum absolute atomic E-state index is 0.0711. The van der Waals surface area contributed by atoms with Crippen LogP contribution in [0.4, 0.5) is 16.2 Å². The summed E-state index contributed by atoms with van der Waals surface area (Å²) in [5.41, 5.74) is 2.83. The number of carbonyl (C=O) groups excluding carboxylic acids is 3. The molecule has 2 aromatic rings. The molecule has 0 aromatic heterocycles. The molecular weight excluding hydrogens is 472 g/mol. The van der Waals surface area contributed by atoms with Gasteiger partial charge < -0.3 is 24.8 Å². The van der Waals surface area contributed by atoms with Crippen molar-refractivity contribution in [1.29, 1.82) is 5.26 Å². The standard InChI is InChI=1S/C27H32N6O4/c1-37-27(36)30-23-18-22(26(35)32-12-2-10-29-11-15-32)8-9-24(23)31-13-3-14-33(17-16-31)25(34)21-6-4-20(19-28)5-7-21/h4-9,18,29H,2-3,10-17H2,1H3,(H,30,36). The van der Waals surface area contributed by atoms with E-state index in [1.54, 1.807) is 41.3 Å². The number of hydrogen-bond donors (Lipinski definition) is 2. The second-order valence-corrected chi connectivity index (χ2v) is 9.07. The summed E-state index contributed by atoms with van der Waals surface area (Å²) in [5, 5.41) is 15.1. The minimum Gasteiger partial charge on any atom is -0.453 e. The van der Waals surface area contributed by atoms with E-state index in [1.165, 1.54) is 7.11 Å². The van der Waals surface area contributed by atoms with Gasteiger partial charge in [-0.2, -0.15) is 5.26 Å². The molecule has 0 spiro atoms. The third-order valence-corrected chi connectivity index (χ3v) is 6.68. The molecule has 0 saturated carbocycles. The highest BCUT2D eigenvalue weighted by Gasteiger charge is 2.24. The summed E-state index contributed by atoms with van der Waals surface area (Å²) in [6, 6.07) is 14.1. The first-order valence-corrected chi connectivity index (χ1v) is 12.5. The maximum atomic E-state index is 13.2. The Labute approximate surface area is 216 Å². The van der Waals surface area contributed by atoms with E-state index in [1.807, 2.05) is 11.0 Å². The second-order valence-electron chi connectivity index (χ2n) is 9.07. The molecule has 2 heterocycles. The molecule has 3 amide bonds. The molecule has 4 rings (SSSR count). The monoisotopic (exact) mass is 504 g/mol. The van der Waals surface area contributed by atoms with Gasteiger partial charge in [-0.25, -0.2) is 4.79 Å². The maximum absolute atomic E-state index is 13.2. The van der Waals surface area contributed by atoms with E-state index >= 15 is 0 Å². The average molecular weight is 505 g/mol. The number of hydrogen-bond acceptors (Lipinski definition) is 7. The summed E-state index contributed by atoms with van der Waals surface area (Å²) < 4.78 is 4.82. The highest BCUT2D eigenvalue weighted by molar-refractivity contribution is 5.99. The van der Waals surface area contributed by atoms with E-state index in [2.05, 4.69) is 21.6 Å². The first-order valence-electron chi connectivity index (χ1n) is 12.5. The van der Waals surface area contributed by atoms with Crippen LogP contribution in [-0.2, 0) is 4.74 Å². The Morgan fingerprint density at radius 3 is 2.32 bits per heavy atom. The highest BCUT2D eigenvalue weighted by atomic mass is 16.5. The maximum Gasteiger partial charge on any atom is 0.411 e. The fraction of sp³-hybridized carbons (Fsp3) is 0.407. The molecular formula is C27H32N6O4. The van der Waals surface area contributed by atoms with Gasteiger partial charge in [0.05, 0.1) is 30.1 Å². The zero-order chi connectivity index (χ0) is 26.2. The number of ether oxygens (including phenoxy) is 1. The second kappa shape index (κ2) is 12.2. The average Bonchev–Trinajstić information content (AvgIpc) is 3.36. The molecule has 2 aliphatic heterocycles. The molecule has 0 aliphatic carbocycles. The van der Waals surface area contributed by atoms with Crippen molar-refractivity contribution in [2.45, 2.75) is 12.8 Å². The molecule has 2 saturated heterocycles. The fourth-order valence-corrected chi connectivity index (χ4v) is 4.67. The lowest BCUT2D eigenvalue weighted by atomic mass is 10.1. The van der Waals surface area contributed by atoms with Crippen molar-refractivity contribution in [3.63, 3.8) is 0 Å². The van der Waals surface area contributed by atoms with E-state index in [0.717, 1.165) is 31.6 Å². The summed E-state index contributed by atoms with van der Waals surface area (Å²) >= 11 is 0. The Morgan fingerprint density at radius 1 is 0.865 bits per heavy atom. The van der Waals surface area contributed by atoms with E-state index in [4.69, 9.17) is 10.00 Å². The van der Waals surface area contributed by atoms with Gasteiger partial charge >= 0.3 is 6.09 Å². The molecule has 10 heteroatoms. The first-order chi connectivity index (χ1) is 18.0. The van der Waals surface area contributed by atoms with Gasteiger partial charge in [-0.05, 0) is 61.9 Å². The Balaban J connectivity index is 1.51. The van der Waals surface area contributed by atoms with Crippen molar-refractivity contribution < 1.29 is 19.1 Å². The van der Waals surface area contributed by atoms with Gasteiger partial charge in [0.1, 0.15) is 0 Å². The van der Waals surface area contributed by atoms with Crippen molar-refractivity contribution >= 4 is 29.3 Å². The van der Waals surface area contributed by atoms with Gasteiger partial charge in [0.25, 0.3) is 11.8 Å². The number of anilines is 2.